The number of piperazine rings is 1. The van der Waals surface area contributed by atoms with Gasteiger partial charge in [0.2, 0.25) is 11.8 Å². The lowest BCUT2D eigenvalue weighted by Gasteiger charge is -2.37. The fourth-order valence-electron chi connectivity index (χ4n) is 4.51. The molecule has 0 radical (unpaired) electrons. The third kappa shape index (κ3) is 4.95. The predicted octanol–water partition coefficient (Wildman–Crippen LogP) is 2.83. The van der Waals surface area contributed by atoms with Gasteiger partial charge in [0.25, 0.3) is 0 Å². The number of carbonyl (C=O) groups is 2. The number of aryl methyl sites for hydroxylation is 1. The maximum absolute atomic E-state index is 13.0. The Balaban J connectivity index is 1.24. The van der Waals surface area contributed by atoms with Gasteiger partial charge in [-0.1, -0.05) is 30.3 Å². The molecule has 2 amide bonds. The minimum atomic E-state index is -0.119. The summed E-state index contributed by atoms with van der Waals surface area (Å²) >= 11 is 0. The van der Waals surface area contributed by atoms with E-state index >= 15 is 0 Å². The Kier molecular flexibility index (Phi) is 6.63. The van der Waals surface area contributed by atoms with E-state index in [1.165, 1.54) is 5.56 Å². The van der Waals surface area contributed by atoms with Crippen LogP contribution in [0.1, 0.15) is 30.4 Å². The molecule has 6 nitrogen and oxygen atoms in total. The van der Waals surface area contributed by atoms with Gasteiger partial charge >= 0.3 is 0 Å². The number of anilines is 1. The van der Waals surface area contributed by atoms with E-state index in [0.717, 1.165) is 38.0 Å². The average Bonchev–Trinajstić information content (AvgIpc) is 3.21. The molecule has 4 rings (SSSR count). The van der Waals surface area contributed by atoms with Crippen molar-refractivity contribution in [2.24, 2.45) is 0 Å². The first-order valence-corrected chi connectivity index (χ1v) is 11.0. The summed E-state index contributed by atoms with van der Waals surface area (Å²) in [5.41, 5.74) is 2.71. The van der Waals surface area contributed by atoms with Crippen molar-refractivity contribution < 1.29 is 9.59 Å². The fraction of sp³-hybridized carbons (Fsp3) is 0.400. The highest BCUT2D eigenvalue weighted by Crippen LogP contribution is 2.25. The van der Waals surface area contributed by atoms with E-state index < -0.39 is 0 Å². The Morgan fingerprint density at radius 3 is 2.35 bits per heavy atom. The first-order valence-electron chi connectivity index (χ1n) is 11.0. The molecule has 2 aromatic carbocycles. The predicted molar refractivity (Wildman–Crippen MR) is 119 cm³/mol. The molecule has 1 atom stereocenters. The number of nitrogens with zero attached hydrogens (tertiary/aromatic N) is 4. The van der Waals surface area contributed by atoms with E-state index in [4.69, 9.17) is 5.26 Å². The highest BCUT2D eigenvalue weighted by Gasteiger charge is 2.38. The molecule has 0 aliphatic carbocycles. The summed E-state index contributed by atoms with van der Waals surface area (Å²) in [5, 5.41) is 8.95. The van der Waals surface area contributed by atoms with Crippen molar-refractivity contribution in [3.05, 3.63) is 65.7 Å². The van der Waals surface area contributed by atoms with Crippen molar-refractivity contribution in [1.29, 1.82) is 5.26 Å². The fourth-order valence-corrected chi connectivity index (χ4v) is 4.51. The van der Waals surface area contributed by atoms with Crippen LogP contribution in [-0.4, -0.2) is 60.4 Å². The molecular formula is C25H28N4O2. The normalized spacial score (nSPS) is 19.5. The topological polar surface area (TPSA) is 67.7 Å². The lowest BCUT2D eigenvalue weighted by atomic mass is 10.1. The third-order valence-corrected chi connectivity index (χ3v) is 6.29. The van der Waals surface area contributed by atoms with E-state index in [1.807, 2.05) is 40.1 Å². The summed E-state index contributed by atoms with van der Waals surface area (Å²) in [7, 11) is 0. The lowest BCUT2D eigenvalue weighted by molar-refractivity contribution is -0.133. The Hall–Kier alpha value is -3.17. The molecule has 0 spiro atoms. The van der Waals surface area contributed by atoms with Gasteiger partial charge in [0.15, 0.2) is 0 Å². The first-order chi connectivity index (χ1) is 15.2. The van der Waals surface area contributed by atoms with Gasteiger partial charge in [-0.2, -0.15) is 5.26 Å². The van der Waals surface area contributed by atoms with Crippen LogP contribution >= 0.6 is 0 Å². The van der Waals surface area contributed by atoms with Gasteiger partial charge in [0.1, 0.15) is 0 Å². The molecule has 0 N–H and O–H groups in total. The number of nitriles is 1. The SMILES string of the molecule is N#Cc1ccc(N2CCC(N3CCN(C(=O)CCCc4ccccc4)CC3)C2=O)cc1. The molecule has 2 aromatic rings. The number of rotatable bonds is 6. The van der Waals surface area contributed by atoms with Gasteiger partial charge in [-0.05, 0) is 49.1 Å². The van der Waals surface area contributed by atoms with Crippen LogP contribution in [0, 0.1) is 11.3 Å². The minimum absolute atomic E-state index is 0.118. The summed E-state index contributed by atoms with van der Waals surface area (Å²) in [5.74, 6) is 0.333. The molecule has 2 fully saturated rings. The molecule has 2 aliphatic rings. The van der Waals surface area contributed by atoms with Gasteiger partial charge in [0, 0.05) is 44.8 Å². The zero-order valence-corrected chi connectivity index (χ0v) is 17.7. The number of amides is 2. The molecule has 2 heterocycles. The Morgan fingerprint density at radius 1 is 0.968 bits per heavy atom. The lowest BCUT2D eigenvalue weighted by Crippen LogP contribution is -2.53. The maximum Gasteiger partial charge on any atom is 0.244 e. The smallest absolute Gasteiger partial charge is 0.244 e. The summed E-state index contributed by atoms with van der Waals surface area (Å²) < 4.78 is 0. The van der Waals surface area contributed by atoms with E-state index in [-0.39, 0.29) is 17.9 Å². The number of hydrogen-bond donors (Lipinski definition) is 0. The molecule has 2 saturated heterocycles. The van der Waals surface area contributed by atoms with Crippen LogP contribution < -0.4 is 4.90 Å². The summed E-state index contributed by atoms with van der Waals surface area (Å²) in [6.07, 6.45) is 3.16. The van der Waals surface area contributed by atoms with Crippen LogP contribution in [0.15, 0.2) is 54.6 Å². The highest BCUT2D eigenvalue weighted by molar-refractivity contribution is 5.99. The zero-order valence-electron chi connectivity index (χ0n) is 17.7. The van der Waals surface area contributed by atoms with Crippen LogP contribution in [0.25, 0.3) is 0 Å². The van der Waals surface area contributed by atoms with E-state index in [0.29, 0.717) is 31.6 Å². The monoisotopic (exact) mass is 416 g/mol. The van der Waals surface area contributed by atoms with Crippen LogP contribution in [0.4, 0.5) is 5.69 Å². The van der Waals surface area contributed by atoms with E-state index in [9.17, 15) is 9.59 Å². The van der Waals surface area contributed by atoms with Crippen molar-refractivity contribution in [3.63, 3.8) is 0 Å². The van der Waals surface area contributed by atoms with Crippen molar-refractivity contribution in [2.75, 3.05) is 37.6 Å². The summed E-state index contributed by atoms with van der Waals surface area (Å²) in [4.78, 5) is 31.5. The van der Waals surface area contributed by atoms with Gasteiger partial charge in [-0.15, -0.1) is 0 Å². The van der Waals surface area contributed by atoms with Crippen molar-refractivity contribution in [1.82, 2.24) is 9.80 Å². The Morgan fingerprint density at radius 2 is 1.68 bits per heavy atom. The number of benzene rings is 2. The number of hydrogen-bond acceptors (Lipinski definition) is 4. The maximum atomic E-state index is 13.0. The van der Waals surface area contributed by atoms with Crippen molar-refractivity contribution >= 4 is 17.5 Å². The van der Waals surface area contributed by atoms with Crippen molar-refractivity contribution in [3.8, 4) is 6.07 Å². The first kappa shape index (κ1) is 21.1. The highest BCUT2D eigenvalue weighted by atomic mass is 16.2. The average molecular weight is 417 g/mol. The Labute approximate surface area is 183 Å². The number of carbonyl (C=O) groups excluding carboxylic acids is 2. The van der Waals surface area contributed by atoms with Gasteiger partial charge < -0.3 is 9.80 Å². The molecule has 31 heavy (non-hydrogen) atoms. The molecule has 0 saturated carbocycles. The van der Waals surface area contributed by atoms with Gasteiger partial charge in [-0.3, -0.25) is 14.5 Å². The molecule has 6 heteroatoms. The van der Waals surface area contributed by atoms with Gasteiger partial charge in [-0.25, -0.2) is 0 Å². The zero-order chi connectivity index (χ0) is 21.6. The minimum Gasteiger partial charge on any atom is -0.340 e. The molecule has 0 bridgehead atoms. The third-order valence-electron chi connectivity index (χ3n) is 6.29. The van der Waals surface area contributed by atoms with Crippen LogP contribution in [0.3, 0.4) is 0 Å². The van der Waals surface area contributed by atoms with Crippen molar-refractivity contribution in [2.45, 2.75) is 31.7 Å². The molecule has 1 unspecified atom stereocenters. The molecule has 0 aromatic heterocycles. The largest absolute Gasteiger partial charge is 0.340 e. The van der Waals surface area contributed by atoms with Crippen LogP contribution in [-0.2, 0) is 16.0 Å². The van der Waals surface area contributed by atoms with Gasteiger partial charge in [0.05, 0.1) is 17.7 Å². The molecule has 2 aliphatic heterocycles. The Bertz CT molecular complexity index is 944. The quantitative estimate of drug-likeness (QED) is 0.726. The van der Waals surface area contributed by atoms with E-state index in [2.05, 4.69) is 23.1 Å². The molecular weight excluding hydrogens is 388 g/mol. The van der Waals surface area contributed by atoms with Crippen LogP contribution in [0.2, 0.25) is 0 Å². The second kappa shape index (κ2) is 9.76. The standard InChI is InChI=1S/C25H28N4O2/c26-19-21-9-11-22(12-10-21)29-14-13-23(25(29)31)27-15-17-28(18-16-27)24(30)8-4-7-20-5-2-1-3-6-20/h1-3,5-6,9-12,23H,4,7-8,13-18H2. The summed E-state index contributed by atoms with van der Waals surface area (Å²) in [6.45, 7) is 3.54. The second-order valence-electron chi connectivity index (χ2n) is 8.21. The van der Waals surface area contributed by atoms with Crippen LogP contribution in [0.5, 0.6) is 0 Å². The summed E-state index contributed by atoms with van der Waals surface area (Å²) in [6, 6.07) is 19.4. The molecule has 160 valence electrons. The van der Waals surface area contributed by atoms with E-state index in [1.54, 1.807) is 12.1 Å². The second-order valence-corrected chi connectivity index (χ2v) is 8.21.